The molecule has 2 atom stereocenters. The zero-order valence-corrected chi connectivity index (χ0v) is 10.2. The SMILES string of the molecule is CC(CCCN)OCCC1CCCN1C. The van der Waals surface area contributed by atoms with Crippen molar-refractivity contribution < 1.29 is 4.74 Å². The van der Waals surface area contributed by atoms with Crippen LogP contribution in [0.3, 0.4) is 0 Å². The van der Waals surface area contributed by atoms with Crippen molar-refractivity contribution in [3.05, 3.63) is 0 Å². The van der Waals surface area contributed by atoms with Gasteiger partial charge in [0.1, 0.15) is 0 Å². The second-order valence-electron chi connectivity index (χ2n) is 4.68. The van der Waals surface area contributed by atoms with E-state index in [0.717, 1.165) is 32.0 Å². The van der Waals surface area contributed by atoms with E-state index in [-0.39, 0.29) is 0 Å². The van der Waals surface area contributed by atoms with Gasteiger partial charge in [0.05, 0.1) is 6.10 Å². The zero-order chi connectivity index (χ0) is 11.1. The molecular formula is C12H26N2O. The minimum Gasteiger partial charge on any atom is -0.378 e. The van der Waals surface area contributed by atoms with Crippen molar-refractivity contribution in [1.29, 1.82) is 0 Å². The molecule has 0 spiro atoms. The maximum absolute atomic E-state index is 5.77. The molecule has 90 valence electrons. The first-order valence-corrected chi connectivity index (χ1v) is 6.26. The van der Waals surface area contributed by atoms with Crippen LogP contribution in [0.15, 0.2) is 0 Å². The molecular weight excluding hydrogens is 188 g/mol. The summed E-state index contributed by atoms with van der Waals surface area (Å²) in [6.07, 6.45) is 6.42. The van der Waals surface area contributed by atoms with Crippen LogP contribution in [0.2, 0.25) is 0 Å². The van der Waals surface area contributed by atoms with E-state index < -0.39 is 0 Å². The van der Waals surface area contributed by atoms with Crippen molar-refractivity contribution in [1.82, 2.24) is 4.90 Å². The van der Waals surface area contributed by atoms with Gasteiger partial charge in [0.2, 0.25) is 0 Å². The standard InChI is InChI=1S/C12H26N2O/c1-11(5-3-8-13)15-10-7-12-6-4-9-14(12)2/h11-12H,3-10,13H2,1-2H3. The van der Waals surface area contributed by atoms with Crippen molar-refractivity contribution in [3.8, 4) is 0 Å². The summed E-state index contributed by atoms with van der Waals surface area (Å²) < 4.78 is 5.77. The molecule has 0 aliphatic carbocycles. The molecule has 3 nitrogen and oxygen atoms in total. The van der Waals surface area contributed by atoms with Crippen molar-refractivity contribution in [2.45, 2.75) is 51.2 Å². The lowest BCUT2D eigenvalue weighted by Crippen LogP contribution is -2.26. The molecule has 0 aromatic heterocycles. The van der Waals surface area contributed by atoms with Crippen LogP contribution in [0, 0.1) is 0 Å². The Kier molecular flexibility index (Phi) is 6.22. The highest BCUT2D eigenvalue weighted by Gasteiger charge is 2.20. The Morgan fingerprint density at radius 3 is 2.93 bits per heavy atom. The second kappa shape index (κ2) is 7.20. The summed E-state index contributed by atoms with van der Waals surface area (Å²) in [6, 6.07) is 0.756. The van der Waals surface area contributed by atoms with E-state index in [1.807, 2.05) is 0 Å². The van der Waals surface area contributed by atoms with Crippen LogP contribution in [0.4, 0.5) is 0 Å². The first-order chi connectivity index (χ1) is 7.24. The van der Waals surface area contributed by atoms with E-state index in [9.17, 15) is 0 Å². The van der Waals surface area contributed by atoms with E-state index >= 15 is 0 Å². The molecule has 1 aliphatic heterocycles. The van der Waals surface area contributed by atoms with Gasteiger partial charge in [-0.05, 0) is 59.2 Å². The predicted molar refractivity (Wildman–Crippen MR) is 64.0 cm³/mol. The van der Waals surface area contributed by atoms with Crippen LogP contribution >= 0.6 is 0 Å². The van der Waals surface area contributed by atoms with Crippen LogP contribution in [-0.4, -0.2) is 43.8 Å². The van der Waals surface area contributed by atoms with Crippen molar-refractivity contribution in [2.75, 3.05) is 26.7 Å². The molecule has 2 N–H and O–H groups in total. The lowest BCUT2D eigenvalue weighted by molar-refractivity contribution is 0.0478. The molecule has 1 rings (SSSR count). The molecule has 0 aromatic rings. The Morgan fingerprint density at radius 2 is 2.33 bits per heavy atom. The highest BCUT2D eigenvalue weighted by Crippen LogP contribution is 2.18. The van der Waals surface area contributed by atoms with Gasteiger partial charge < -0.3 is 15.4 Å². The van der Waals surface area contributed by atoms with Crippen molar-refractivity contribution >= 4 is 0 Å². The van der Waals surface area contributed by atoms with Gasteiger partial charge in [0.15, 0.2) is 0 Å². The molecule has 0 saturated carbocycles. The summed E-state index contributed by atoms with van der Waals surface area (Å²) in [7, 11) is 2.22. The highest BCUT2D eigenvalue weighted by molar-refractivity contribution is 4.75. The fraction of sp³-hybridized carbons (Fsp3) is 1.00. The Labute approximate surface area is 94.0 Å². The lowest BCUT2D eigenvalue weighted by atomic mass is 10.1. The number of ether oxygens (including phenoxy) is 1. The molecule has 1 fully saturated rings. The average molecular weight is 214 g/mol. The van der Waals surface area contributed by atoms with Gasteiger partial charge in [-0.1, -0.05) is 0 Å². The maximum Gasteiger partial charge on any atom is 0.0547 e. The minimum absolute atomic E-state index is 0.375. The Hall–Kier alpha value is -0.120. The van der Waals surface area contributed by atoms with Gasteiger partial charge in [-0.15, -0.1) is 0 Å². The van der Waals surface area contributed by atoms with E-state index in [1.165, 1.54) is 25.8 Å². The second-order valence-corrected chi connectivity index (χ2v) is 4.68. The summed E-state index contributed by atoms with van der Waals surface area (Å²) in [5.41, 5.74) is 5.46. The number of rotatable bonds is 7. The van der Waals surface area contributed by atoms with Gasteiger partial charge in [-0.2, -0.15) is 0 Å². The van der Waals surface area contributed by atoms with Gasteiger partial charge in [0, 0.05) is 12.6 Å². The fourth-order valence-electron chi connectivity index (χ4n) is 2.24. The first-order valence-electron chi connectivity index (χ1n) is 6.26. The Balaban J connectivity index is 2.00. The summed E-state index contributed by atoms with van der Waals surface area (Å²) in [4.78, 5) is 2.45. The summed E-state index contributed by atoms with van der Waals surface area (Å²) in [5.74, 6) is 0. The van der Waals surface area contributed by atoms with Gasteiger partial charge in [-0.3, -0.25) is 0 Å². The van der Waals surface area contributed by atoms with Gasteiger partial charge in [0.25, 0.3) is 0 Å². The van der Waals surface area contributed by atoms with Gasteiger partial charge >= 0.3 is 0 Å². The molecule has 3 heteroatoms. The number of nitrogens with zero attached hydrogens (tertiary/aromatic N) is 1. The predicted octanol–water partition coefficient (Wildman–Crippen LogP) is 1.61. The molecule has 1 saturated heterocycles. The lowest BCUT2D eigenvalue weighted by Gasteiger charge is -2.20. The highest BCUT2D eigenvalue weighted by atomic mass is 16.5. The summed E-state index contributed by atoms with van der Waals surface area (Å²) in [5, 5.41) is 0. The third-order valence-corrected chi connectivity index (χ3v) is 3.34. The molecule has 0 bridgehead atoms. The minimum atomic E-state index is 0.375. The topological polar surface area (TPSA) is 38.5 Å². The van der Waals surface area contributed by atoms with Crippen LogP contribution in [0.25, 0.3) is 0 Å². The molecule has 2 unspecified atom stereocenters. The van der Waals surface area contributed by atoms with Gasteiger partial charge in [-0.25, -0.2) is 0 Å². The van der Waals surface area contributed by atoms with E-state index in [2.05, 4.69) is 18.9 Å². The molecule has 15 heavy (non-hydrogen) atoms. The average Bonchev–Trinajstić information content (AvgIpc) is 2.61. The maximum atomic E-state index is 5.77. The number of hydrogen-bond donors (Lipinski definition) is 1. The van der Waals surface area contributed by atoms with Crippen LogP contribution in [0.1, 0.15) is 39.0 Å². The zero-order valence-electron chi connectivity index (χ0n) is 10.2. The van der Waals surface area contributed by atoms with E-state index in [1.54, 1.807) is 0 Å². The third-order valence-electron chi connectivity index (χ3n) is 3.34. The number of nitrogens with two attached hydrogens (primary N) is 1. The number of hydrogen-bond acceptors (Lipinski definition) is 3. The first kappa shape index (κ1) is 12.9. The summed E-state index contributed by atoms with van der Waals surface area (Å²) >= 11 is 0. The molecule has 0 radical (unpaired) electrons. The van der Waals surface area contributed by atoms with E-state index in [0.29, 0.717) is 6.10 Å². The normalized spacial score (nSPS) is 24.6. The van der Waals surface area contributed by atoms with Crippen molar-refractivity contribution in [3.63, 3.8) is 0 Å². The van der Waals surface area contributed by atoms with Crippen molar-refractivity contribution in [2.24, 2.45) is 5.73 Å². The summed E-state index contributed by atoms with van der Waals surface area (Å²) in [6.45, 7) is 5.08. The Morgan fingerprint density at radius 1 is 1.53 bits per heavy atom. The quantitative estimate of drug-likeness (QED) is 0.700. The molecule has 0 aromatic carbocycles. The van der Waals surface area contributed by atoms with E-state index in [4.69, 9.17) is 10.5 Å². The molecule has 1 aliphatic rings. The fourth-order valence-corrected chi connectivity index (χ4v) is 2.24. The Bertz CT molecular complexity index is 164. The van der Waals surface area contributed by atoms with Crippen LogP contribution in [0.5, 0.6) is 0 Å². The molecule has 0 amide bonds. The monoisotopic (exact) mass is 214 g/mol. The largest absolute Gasteiger partial charge is 0.378 e. The molecule has 1 heterocycles. The smallest absolute Gasteiger partial charge is 0.0547 e. The van der Waals surface area contributed by atoms with Crippen LogP contribution in [-0.2, 0) is 4.74 Å². The third kappa shape index (κ3) is 4.96. The number of likely N-dealkylation sites (tertiary alicyclic amines) is 1. The van der Waals surface area contributed by atoms with Crippen LogP contribution < -0.4 is 5.73 Å².